The van der Waals surface area contributed by atoms with Gasteiger partial charge in [0.15, 0.2) is 0 Å². The van der Waals surface area contributed by atoms with Crippen LogP contribution in [0.5, 0.6) is 0 Å². The second kappa shape index (κ2) is 10.4. The molecule has 2 heteroatoms. The summed E-state index contributed by atoms with van der Waals surface area (Å²) in [5.74, 6) is 0. The molecule has 0 heterocycles. The topological polar surface area (TPSA) is 40.5 Å². The van der Waals surface area contributed by atoms with E-state index >= 15 is 0 Å². The van der Waals surface area contributed by atoms with Crippen LogP contribution in [0.2, 0.25) is 0 Å². The fourth-order valence-corrected chi connectivity index (χ4v) is 1.72. The summed E-state index contributed by atoms with van der Waals surface area (Å²) in [6.45, 7) is 4.16. The Morgan fingerprint density at radius 2 is 1.27 bits per heavy atom. The third kappa shape index (κ3) is 10.2. The number of hydrogen-bond donors (Lipinski definition) is 2. The van der Waals surface area contributed by atoms with Crippen LogP contribution in [0.4, 0.5) is 0 Å². The summed E-state index contributed by atoms with van der Waals surface area (Å²) in [7, 11) is 0. The average Bonchev–Trinajstić information content (AvgIpc) is 2.25. The van der Waals surface area contributed by atoms with Gasteiger partial charge in [-0.25, -0.2) is 0 Å². The number of rotatable bonds is 10. The minimum absolute atomic E-state index is 0.0963. The highest BCUT2D eigenvalue weighted by atomic mass is 16.3. The van der Waals surface area contributed by atoms with Crippen molar-refractivity contribution in [1.82, 2.24) is 0 Å². The minimum atomic E-state index is -0.116. The summed E-state index contributed by atoms with van der Waals surface area (Å²) in [6.07, 6.45) is 9.08. The lowest BCUT2D eigenvalue weighted by Crippen LogP contribution is -2.06. The van der Waals surface area contributed by atoms with E-state index in [4.69, 9.17) is 0 Å². The monoisotopic (exact) mass is 216 g/mol. The van der Waals surface area contributed by atoms with Crippen LogP contribution in [-0.2, 0) is 0 Å². The van der Waals surface area contributed by atoms with E-state index < -0.39 is 0 Å². The molecule has 2 nitrogen and oxygen atoms in total. The number of unbranched alkanes of at least 4 members (excludes halogenated alkanes) is 3. The van der Waals surface area contributed by atoms with E-state index in [1.807, 2.05) is 6.92 Å². The van der Waals surface area contributed by atoms with E-state index in [-0.39, 0.29) is 12.2 Å². The fourth-order valence-electron chi connectivity index (χ4n) is 1.72. The molecule has 0 radical (unpaired) electrons. The average molecular weight is 216 g/mol. The van der Waals surface area contributed by atoms with E-state index in [0.29, 0.717) is 0 Å². The first-order valence-electron chi connectivity index (χ1n) is 6.56. The molecule has 2 unspecified atom stereocenters. The molecule has 0 aromatic rings. The molecule has 92 valence electrons. The van der Waals surface area contributed by atoms with Gasteiger partial charge in [0.1, 0.15) is 0 Å². The standard InChI is InChI=1S/C13H28O2/c1-3-5-9-13(15)11-8-6-7-10-12(14)4-2/h12-15H,3-11H2,1-2H3. The summed E-state index contributed by atoms with van der Waals surface area (Å²) in [5, 5.41) is 18.9. The van der Waals surface area contributed by atoms with Crippen molar-refractivity contribution in [2.45, 2.75) is 83.8 Å². The molecule has 0 bridgehead atoms. The van der Waals surface area contributed by atoms with E-state index in [2.05, 4.69) is 6.92 Å². The molecule has 0 aromatic carbocycles. The molecular formula is C13H28O2. The van der Waals surface area contributed by atoms with Crippen molar-refractivity contribution in [2.75, 3.05) is 0 Å². The van der Waals surface area contributed by atoms with E-state index in [1.165, 1.54) is 6.42 Å². The van der Waals surface area contributed by atoms with E-state index in [1.54, 1.807) is 0 Å². The van der Waals surface area contributed by atoms with Gasteiger partial charge >= 0.3 is 0 Å². The van der Waals surface area contributed by atoms with Gasteiger partial charge in [-0.15, -0.1) is 0 Å². The van der Waals surface area contributed by atoms with Crippen molar-refractivity contribution in [3.63, 3.8) is 0 Å². The van der Waals surface area contributed by atoms with Gasteiger partial charge in [0.05, 0.1) is 12.2 Å². The fraction of sp³-hybridized carbons (Fsp3) is 1.00. The van der Waals surface area contributed by atoms with Crippen molar-refractivity contribution < 1.29 is 10.2 Å². The van der Waals surface area contributed by atoms with E-state index in [0.717, 1.165) is 51.4 Å². The Balaban J connectivity index is 3.16. The molecule has 15 heavy (non-hydrogen) atoms. The third-order valence-corrected chi connectivity index (χ3v) is 2.94. The van der Waals surface area contributed by atoms with Gasteiger partial charge < -0.3 is 10.2 Å². The van der Waals surface area contributed by atoms with Gasteiger partial charge in [0.25, 0.3) is 0 Å². The van der Waals surface area contributed by atoms with Gasteiger partial charge in [-0.05, 0) is 25.7 Å². The minimum Gasteiger partial charge on any atom is -0.393 e. The van der Waals surface area contributed by atoms with Crippen LogP contribution in [0.25, 0.3) is 0 Å². The summed E-state index contributed by atoms with van der Waals surface area (Å²) < 4.78 is 0. The first-order chi connectivity index (χ1) is 7.20. The van der Waals surface area contributed by atoms with Gasteiger partial charge in [0.2, 0.25) is 0 Å². The van der Waals surface area contributed by atoms with Crippen molar-refractivity contribution in [3.05, 3.63) is 0 Å². The van der Waals surface area contributed by atoms with Crippen LogP contribution in [0.1, 0.15) is 71.6 Å². The molecule has 2 atom stereocenters. The maximum atomic E-state index is 9.59. The quantitative estimate of drug-likeness (QED) is 0.550. The maximum Gasteiger partial charge on any atom is 0.0540 e. The zero-order valence-electron chi connectivity index (χ0n) is 10.4. The molecule has 0 rings (SSSR count). The number of aliphatic hydroxyl groups is 2. The molecule has 0 saturated carbocycles. The Bertz CT molecular complexity index is 126. The maximum absolute atomic E-state index is 9.59. The van der Waals surface area contributed by atoms with Crippen molar-refractivity contribution in [1.29, 1.82) is 0 Å². The van der Waals surface area contributed by atoms with Crippen molar-refractivity contribution in [2.24, 2.45) is 0 Å². The third-order valence-electron chi connectivity index (χ3n) is 2.94. The zero-order valence-corrected chi connectivity index (χ0v) is 10.4. The molecule has 0 spiro atoms. The van der Waals surface area contributed by atoms with Crippen LogP contribution >= 0.6 is 0 Å². The highest BCUT2D eigenvalue weighted by Crippen LogP contribution is 2.12. The molecule has 0 aliphatic rings. The highest BCUT2D eigenvalue weighted by Gasteiger charge is 2.04. The lowest BCUT2D eigenvalue weighted by molar-refractivity contribution is 0.143. The lowest BCUT2D eigenvalue weighted by atomic mass is 10.0. The zero-order chi connectivity index (χ0) is 11.5. The van der Waals surface area contributed by atoms with Crippen LogP contribution in [0.15, 0.2) is 0 Å². The Morgan fingerprint density at radius 1 is 0.733 bits per heavy atom. The Morgan fingerprint density at radius 3 is 1.80 bits per heavy atom. The van der Waals surface area contributed by atoms with Gasteiger partial charge in [-0.3, -0.25) is 0 Å². The van der Waals surface area contributed by atoms with Crippen LogP contribution < -0.4 is 0 Å². The van der Waals surface area contributed by atoms with Crippen LogP contribution in [0.3, 0.4) is 0 Å². The first kappa shape index (κ1) is 14.9. The predicted molar refractivity (Wildman–Crippen MR) is 64.9 cm³/mol. The number of aliphatic hydroxyl groups excluding tert-OH is 2. The normalized spacial score (nSPS) is 15.2. The van der Waals surface area contributed by atoms with E-state index in [9.17, 15) is 10.2 Å². The smallest absolute Gasteiger partial charge is 0.0540 e. The first-order valence-corrected chi connectivity index (χ1v) is 6.56. The molecule has 0 aliphatic carbocycles. The summed E-state index contributed by atoms with van der Waals surface area (Å²) in [5.41, 5.74) is 0. The second-order valence-electron chi connectivity index (χ2n) is 4.50. The van der Waals surface area contributed by atoms with Crippen LogP contribution in [-0.4, -0.2) is 22.4 Å². The summed E-state index contributed by atoms with van der Waals surface area (Å²) in [6, 6.07) is 0. The molecule has 0 amide bonds. The summed E-state index contributed by atoms with van der Waals surface area (Å²) >= 11 is 0. The van der Waals surface area contributed by atoms with Crippen molar-refractivity contribution >= 4 is 0 Å². The second-order valence-corrected chi connectivity index (χ2v) is 4.50. The SMILES string of the molecule is CCCCC(O)CCCCCC(O)CC. The Hall–Kier alpha value is -0.0800. The van der Waals surface area contributed by atoms with Crippen molar-refractivity contribution in [3.8, 4) is 0 Å². The molecule has 0 aliphatic heterocycles. The number of hydrogen-bond acceptors (Lipinski definition) is 2. The molecule has 2 N–H and O–H groups in total. The molecule has 0 aromatic heterocycles. The molecule has 0 fully saturated rings. The summed E-state index contributed by atoms with van der Waals surface area (Å²) in [4.78, 5) is 0. The lowest BCUT2D eigenvalue weighted by Gasteiger charge is -2.10. The Kier molecular flexibility index (Phi) is 10.4. The predicted octanol–water partition coefficient (Wildman–Crippen LogP) is 3.26. The molecular weight excluding hydrogens is 188 g/mol. The highest BCUT2D eigenvalue weighted by molar-refractivity contribution is 4.57. The molecule has 0 saturated heterocycles. The van der Waals surface area contributed by atoms with Crippen LogP contribution in [0, 0.1) is 0 Å². The Labute approximate surface area is 94.7 Å². The van der Waals surface area contributed by atoms with Gasteiger partial charge in [0, 0.05) is 0 Å². The largest absolute Gasteiger partial charge is 0.393 e. The van der Waals surface area contributed by atoms with Gasteiger partial charge in [-0.2, -0.15) is 0 Å². The van der Waals surface area contributed by atoms with Gasteiger partial charge in [-0.1, -0.05) is 46.0 Å².